The number of nitrogens with zero attached hydrogens (tertiary/aromatic N) is 1. The van der Waals surface area contributed by atoms with Crippen LogP contribution >= 0.6 is 0 Å². The van der Waals surface area contributed by atoms with Gasteiger partial charge in [-0.2, -0.15) is 0 Å². The quantitative estimate of drug-likeness (QED) is 0.904. The van der Waals surface area contributed by atoms with E-state index < -0.39 is 10.0 Å². The Balaban J connectivity index is 1.65. The molecule has 0 aliphatic carbocycles. The third kappa shape index (κ3) is 4.20. The van der Waals surface area contributed by atoms with E-state index in [0.717, 1.165) is 19.4 Å². The van der Waals surface area contributed by atoms with Crippen LogP contribution in [-0.2, 0) is 16.6 Å². The number of nitrogens with one attached hydrogen (secondary N) is 1. The molecule has 2 aromatic carbocycles. The summed E-state index contributed by atoms with van der Waals surface area (Å²) in [6, 6.07) is 14.9. The van der Waals surface area contributed by atoms with Gasteiger partial charge in [-0.15, -0.1) is 0 Å². The zero-order valence-electron chi connectivity index (χ0n) is 13.4. The van der Waals surface area contributed by atoms with Gasteiger partial charge in [-0.05, 0) is 37.6 Å². The molecule has 1 aliphatic rings. The fourth-order valence-electron chi connectivity index (χ4n) is 3.05. The first-order valence-electron chi connectivity index (χ1n) is 8.08. The molecular formula is C18H21FN2O2S. The fourth-order valence-corrected chi connectivity index (χ4v) is 4.33. The van der Waals surface area contributed by atoms with Crippen molar-refractivity contribution in [3.63, 3.8) is 0 Å². The fraction of sp³-hybridized carbons (Fsp3) is 0.333. The van der Waals surface area contributed by atoms with Gasteiger partial charge < -0.3 is 0 Å². The first kappa shape index (κ1) is 17.1. The Kier molecular flexibility index (Phi) is 5.28. The summed E-state index contributed by atoms with van der Waals surface area (Å²) in [6.45, 7) is 1.93. The van der Waals surface area contributed by atoms with E-state index in [1.807, 2.05) is 6.07 Å². The van der Waals surface area contributed by atoms with Crippen molar-refractivity contribution in [2.45, 2.75) is 30.3 Å². The van der Waals surface area contributed by atoms with Crippen LogP contribution in [0.1, 0.15) is 18.4 Å². The molecule has 1 heterocycles. The number of halogens is 1. The lowest BCUT2D eigenvalue weighted by molar-refractivity contribution is 0.192. The highest BCUT2D eigenvalue weighted by Gasteiger charge is 2.25. The van der Waals surface area contributed by atoms with Crippen molar-refractivity contribution in [3.05, 3.63) is 66.0 Å². The molecule has 0 bridgehead atoms. The van der Waals surface area contributed by atoms with Crippen molar-refractivity contribution in [1.29, 1.82) is 0 Å². The van der Waals surface area contributed by atoms with E-state index in [1.54, 1.807) is 42.5 Å². The number of piperidine rings is 1. The molecule has 1 unspecified atom stereocenters. The Hall–Kier alpha value is -1.76. The summed E-state index contributed by atoms with van der Waals surface area (Å²) >= 11 is 0. The number of likely N-dealkylation sites (tertiary alicyclic amines) is 1. The van der Waals surface area contributed by atoms with Crippen molar-refractivity contribution in [3.8, 4) is 0 Å². The molecule has 1 N–H and O–H groups in total. The molecule has 2 aromatic rings. The number of benzene rings is 2. The number of rotatable bonds is 5. The van der Waals surface area contributed by atoms with E-state index in [-0.39, 0.29) is 16.8 Å². The lowest BCUT2D eigenvalue weighted by Gasteiger charge is -2.33. The number of hydrogen-bond acceptors (Lipinski definition) is 3. The highest BCUT2D eigenvalue weighted by atomic mass is 32.2. The molecular weight excluding hydrogens is 327 g/mol. The third-order valence-electron chi connectivity index (χ3n) is 4.23. The lowest BCUT2D eigenvalue weighted by Crippen LogP contribution is -2.47. The Bertz CT molecular complexity index is 781. The molecule has 1 saturated heterocycles. The molecule has 0 spiro atoms. The average molecular weight is 348 g/mol. The van der Waals surface area contributed by atoms with Crippen LogP contribution in [-0.4, -0.2) is 32.4 Å². The molecule has 1 fully saturated rings. The van der Waals surface area contributed by atoms with E-state index in [0.29, 0.717) is 18.7 Å². The summed E-state index contributed by atoms with van der Waals surface area (Å²) < 4.78 is 41.4. The lowest BCUT2D eigenvalue weighted by atomic mass is 10.1. The van der Waals surface area contributed by atoms with Crippen molar-refractivity contribution in [1.82, 2.24) is 9.62 Å². The monoisotopic (exact) mass is 348 g/mol. The third-order valence-corrected chi connectivity index (χ3v) is 5.77. The van der Waals surface area contributed by atoms with Crippen LogP contribution in [0.5, 0.6) is 0 Å². The molecule has 128 valence electrons. The van der Waals surface area contributed by atoms with Crippen LogP contribution in [0.3, 0.4) is 0 Å². The van der Waals surface area contributed by atoms with Gasteiger partial charge in [0, 0.05) is 24.7 Å². The van der Waals surface area contributed by atoms with E-state index in [2.05, 4.69) is 9.62 Å². The van der Waals surface area contributed by atoms with Crippen molar-refractivity contribution < 1.29 is 12.8 Å². The van der Waals surface area contributed by atoms with Crippen molar-refractivity contribution in [2.24, 2.45) is 0 Å². The molecule has 0 saturated carbocycles. The highest BCUT2D eigenvalue weighted by Crippen LogP contribution is 2.17. The van der Waals surface area contributed by atoms with E-state index in [9.17, 15) is 12.8 Å². The molecule has 1 atom stereocenters. The van der Waals surface area contributed by atoms with Crippen LogP contribution in [0.15, 0.2) is 59.5 Å². The number of hydrogen-bond donors (Lipinski definition) is 1. The molecule has 3 rings (SSSR count). The van der Waals surface area contributed by atoms with Gasteiger partial charge in [0.05, 0.1) is 4.90 Å². The van der Waals surface area contributed by atoms with E-state index in [4.69, 9.17) is 0 Å². The topological polar surface area (TPSA) is 49.4 Å². The molecule has 24 heavy (non-hydrogen) atoms. The van der Waals surface area contributed by atoms with Crippen LogP contribution in [0.4, 0.5) is 4.39 Å². The average Bonchev–Trinajstić information content (AvgIpc) is 2.58. The zero-order valence-corrected chi connectivity index (χ0v) is 14.2. The minimum Gasteiger partial charge on any atom is -0.297 e. The van der Waals surface area contributed by atoms with Gasteiger partial charge >= 0.3 is 0 Å². The number of sulfonamides is 1. The van der Waals surface area contributed by atoms with Gasteiger partial charge in [-0.25, -0.2) is 17.5 Å². The SMILES string of the molecule is O=S(=O)(NC1CCCN(Cc2ccccc2F)C1)c1ccccc1. The van der Waals surface area contributed by atoms with Gasteiger partial charge in [-0.1, -0.05) is 36.4 Å². The van der Waals surface area contributed by atoms with Gasteiger partial charge in [0.2, 0.25) is 10.0 Å². The van der Waals surface area contributed by atoms with Gasteiger partial charge in [-0.3, -0.25) is 4.90 Å². The summed E-state index contributed by atoms with van der Waals surface area (Å²) in [6.07, 6.45) is 1.68. The molecule has 6 heteroatoms. The summed E-state index contributed by atoms with van der Waals surface area (Å²) in [5, 5.41) is 0. The van der Waals surface area contributed by atoms with E-state index in [1.165, 1.54) is 6.07 Å². The first-order valence-corrected chi connectivity index (χ1v) is 9.56. The Morgan fingerprint density at radius 1 is 1.08 bits per heavy atom. The zero-order chi connectivity index (χ0) is 17.0. The molecule has 0 amide bonds. The standard InChI is InChI=1S/C18H21FN2O2S/c19-18-11-5-4-7-15(18)13-21-12-6-8-16(14-21)20-24(22,23)17-9-2-1-3-10-17/h1-5,7,9-11,16,20H,6,8,12-14H2. The van der Waals surface area contributed by atoms with E-state index >= 15 is 0 Å². The smallest absolute Gasteiger partial charge is 0.240 e. The van der Waals surface area contributed by atoms with Crippen LogP contribution in [0.2, 0.25) is 0 Å². The summed E-state index contributed by atoms with van der Waals surface area (Å²) in [4.78, 5) is 2.37. The summed E-state index contributed by atoms with van der Waals surface area (Å²) in [5.74, 6) is -0.218. The largest absolute Gasteiger partial charge is 0.297 e. The minimum absolute atomic E-state index is 0.157. The normalized spacial score (nSPS) is 19.3. The molecule has 4 nitrogen and oxygen atoms in total. The Morgan fingerprint density at radius 2 is 1.79 bits per heavy atom. The Labute approximate surface area is 142 Å². The maximum atomic E-state index is 13.8. The summed E-state index contributed by atoms with van der Waals surface area (Å²) in [7, 11) is -3.52. The Morgan fingerprint density at radius 3 is 2.54 bits per heavy atom. The van der Waals surface area contributed by atoms with Crippen molar-refractivity contribution in [2.75, 3.05) is 13.1 Å². The van der Waals surface area contributed by atoms with Gasteiger partial charge in [0.1, 0.15) is 5.82 Å². The molecule has 0 radical (unpaired) electrons. The predicted molar refractivity (Wildman–Crippen MR) is 91.5 cm³/mol. The second-order valence-electron chi connectivity index (χ2n) is 6.10. The maximum Gasteiger partial charge on any atom is 0.240 e. The predicted octanol–water partition coefficient (Wildman–Crippen LogP) is 2.77. The summed E-state index contributed by atoms with van der Waals surface area (Å²) in [5.41, 5.74) is 0.643. The highest BCUT2D eigenvalue weighted by molar-refractivity contribution is 7.89. The van der Waals surface area contributed by atoms with Crippen LogP contribution in [0, 0.1) is 5.82 Å². The minimum atomic E-state index is -3.52. The second-order valence-corrected chi connectivity index (χ2v) is 7.81. The van der Waals surface area contributed by atoms with Gasteiger partial charge in [0.25, 0.3) is 0 Å². The molecule has 0 aromatic heterocycles. The van der Waals surface area contributed by atoms with Gasteiger partial charge in [0.15, 0.2) is 0 Å². The maximum absolute atomic E-state index is 13.8. The van der Waals surface area contributed by atoms with Crippen LogP contribution in [0.25, 0.3) is 0 Å². The molecule has 1 aliphatic heterocycles. The van der Waals surface area contributed by atoms with Crippen molar-refractivity contribution >= 4 is 10.0 Å². The van der Waals surface area contributed by atoms with Crippen LogP contribution < -0.4 is 4.72 Å². The second kappa shape index (κ2) is 7.42. The first-order chi connectivity index (χ1) is 11.5.